The third kappa shape index (κ3) is 16.2. The van der Waals surface area contributed by atoms with Crippen molar-refractivity contribution in [2.75, 3.05) is 19.8 Å². The molecule has 0 bridgehead atoms. The lowest BCUT2D eigenvalue weighted by Crippen LogP contribution is -2.25. The van der Waals surface area contributed by atoms with E-state index < -0.39 is 35.3 Å². The standard InChI is InChI=1S/C33H48N2O10/c1-2-34-31(38)15-9-4-3-8-14-27-28(19-18-26(36)17-16-25-12-6-5-7-13-25)30(24-29(27)37)45-33(40)21-20-32(39)43-22-10-11-23-44-35(41)42/h3,5-8,12-13,18-19,26-30,36-37H,2,4,9-11,14-17,20-24H2,1H3,(H,34,38)/b8-3-,19-18+/t26-,27+,28+,29-,30+/m0/s1. The molecule has 1 amide bonds. The van der Waals surface area contributed by atoms with E-state index in [0.717, 1.165) is 12.0 Å². The maximum Gasteiger partial charge on any atom is 0.306 e. The van der Waals surface area contributed by atoms with Crippen LogP contribution in [-0.4, -0.2) is 71.2 Å². The van der Waals surface area contributed by atoms with Crippen molar-refractivity contribution in [2.24, 2.45) is 11.8 Å². The van der Waals surface area contributed by atoms with Gasteiger partial charge in [0.25, 0.3) is 5.09 Å². The summed E-state index contributed by atoms with van der Waals surface area (Å²) >= 11 is 0. The molecule has 0 aromatic heterocycles. The number of aryl methyl sites for hydroxylation is 1. The third-order valence-corrected chi connectivity index (χ3v) is 7.56. The van der Waals surface area contributed by atoms with Gasteiger partial charge in [0, 0.05) is 25.3 Å². The van der Waals surface area contributed by atoms with E-state index in [0.29, 0.717) is 51.5 Å². The normalized spacial score (nSPS) is 20.2. The quantitative estimate of drug-likeness (QED) is 0.0557. The molecule has 1 aliphatic rings. The van der Waals surface area contributed by atoms with Gasteiger partial charge in [-0.3, -0.25) is 14.4 Å². The number of hydrogen-bond donors (Lipinski definition) is 3. The minimum Gasteiger partial charge on any atom is -0.466 e. The number of ether oxygens (including phenoxy) is 2. The Hall–Kier alpha value is -3.77. The molecule has 1 aromatic carbocycles. The number of aliphatic hydroxyl groups excluding tert-OH is 2. The zero-order chi connectivity index (χ0) is 32.9. The van der Waals surface area contributed by atoms with Crippen LogP contribution in [0.2, 0.25) is 0 Å². The number of rotatable bonds is 22. The number of esters is 2. The van der Waals surface area contributed by atoms with E-state index in [2.05, 4.69) is 10.2 Å². The van der Waals surface area contributed by atoms with Crippen LogP contribution >= 0.6 is 0 Å². The summed E-state index contributed by atoms with van der Waals surface area (Å²) < 4.78 is 10.8. The van der Waals surface area contributed by atoms with Gasteiger partial charge >= 0.3 is 11.9 Å². The predicted octanol–water partition coefficient (Wildman–Crippen LogP) is 4.01. The minimum atomic E-state index is -0.882. The predicted molar refractivity (Wildman–Crippen MR) is 166 cm³/mol. The molecule has 1 fully saturated rings. The van der Waals surface area contributed by atoms with E-state index in [1.165, 1.54) is 0 Å². The average molecular weight is 633 g/mol. The van der Waals surface area contributed by atoms with Gasteiger partial charge in [0.2, 0.25) is 5.91 Å². The molecule has 3 N–H and O–H groups in total. The second-order valence-electron chi connectivity index (χ2n) is 11.1. The van der Waals surface area contributed by atoms with E-state index in [1.54, 1.807) is 6.08 Å². The molecule has 250 valence electrons. The van der Waals surface area contributed by atoms with E-state index in [4.69, 9.17) is 9.47 Å². The lowest BCUT2D eigenvalue weighted by molar-refractivity contribution is -0.757. The fraction of sp³-hybridized carbons (Fsp3) is 0.606. The first-order chi connectivity index (χ1) is 21.7. The molecule has 1 saturated carbocycles. The van der Waals surface area contributed by atoms with E-state index >= 15 is 0 Å². The molecular formula is C33H48N2O10. The molecule has 0 unspecified atom stereocenters. The maximum atomic E-state index is 12.7. The van der Waals surface area contributed by atoms with Crippen molar-refractivity contribution < 1.29 is 44.0 Å². The van der Waals surface area contributed by atoms with Gasteiger partial charge in [-0.25, -0.2) is 0 Å². The topological polar surface area (TPSA) is 175 Å². The largest absolute Gasteiger partial charge is 0.466 e. The molecule has 0 radical (unpaired) electrons. The zero-order valence-corrected chi connectivity index (χ0v) is 26.1. The highest BCUT2D eigenvalue weighted by molar-refractivity contribution is 5.77. The van der Waals surface area contributed by atoms with Gasteiger partial charge < -0.3 is 29.8 Å². The van der Waals surface area contributed by atoms with Crippen molar-refractivity contribution in [2.45, 2.75) is 95.9 Å². The Kier molecular flexibility index (Phi) is 18.2. The molecule has 0 heterocycles. The summed E-state index contributed by atoms with van der Waals surface area (Å²) in [5.41, 5.74) is 1.12. The van der Waals surface area contributed by atoms with Gasteiger partial charge in [0.1, 0.15) is 6.10 Å². The molecular weight excluding hydrogens is 584 g/mol. The van der Waals surface area contributed by atoms with Crippen LogP contribution in [-0.2, 0) is 35.1 Å². The smallest absolute Gasteiger partial charge is 0.306 e. The summed E-state index contributed by atoms with van der Waals surface area (Å²) in [4.78, 5) is 50.7. The van der Waals surface area contributed by atoms with Crippen LogP contribution < -0.4 is 5.32 Å². The van der Waals surface area contributed by atoms with Crippen molar-refractivity contribution in [1.29, 1.82) is 0 Å². The number of carbonyl (C=O) groups is 3. The van der Waals surface area contributed by atoms with Crippen molar-refractivity contribution in [1.82, 2.24) is 5.32 Å². The molecule has 0 saturated heterocycles. The first-order valence-electron chi connectivity index (χ1n) is 15.8. The Bertz CT molecular complexity index is 1090. The number of aliphatic hydroxyl groups is 2. The van der Waals surface area contributed by atoms with Gasteiger partial charge in [0.15, 0.2) is 0 Å². The van der Waals surface area contributed by atoms with Crippen LogP contribution in [0.1, 0.15) is 76.7 Å². The number of nitrogens with zero attached hydrogens (tertiary/aromatic N) is 1. The molecule has 2 rings (SSSR count). The Morgan fingerprint density at radius 3 is 2.53 bits per heavy atom. The molecule has 12 nitrogen and oxygen atoms in total. The lowest BCUT2D eigenvalue weighted by Gasteiger charge is -2.22. The van der Waals surface area contributed by atoms with Crippen LogP contribution in [0.25, 0.3) is 0 Å². The summed E-state index contributed by atoms with van der Waals surface area (Å²) in [7, 11) is 0. The summed E-state index contributed by atoms with van der Waals surface area (Å²) in [5.74, 6) is -1.74. The Labute approximate surface area is 264 Å². The number of hydrogen-bond acceptors (Lipinski definition) is 10. The maximum absolute atomic E-state index is 12.7. The second kappa shape index (κ2) is 21.9. The van der Waals surface area contributed by atoms with Crippen molar-refractivity contribution >= 4 is 17.8 Å². The number of benzene rings is 1. The average Bonchev–Trinajstić information content (AvgIpc) is 3.30. The molecule has 0 spiro atoms. The summed E-state index contributed by atoms with van der Waals surface area (Å²) in [6.45, 7) is 2.45. The van der Waals surface area contributed by atoms with Crippen LogP contribution in [0.4, 0.5) is 0 Å². The minimum absolute atomic E-state index is 0.0198. The van der Waals surface area contributed by atoms with Crippen molar-refractivity contribution in [3.05, 3.63) is 70.3 Å². The van der Waals surface area contributed by atoms with Gasteiger partial charge in [-0.1, -0.05) is 54.6 Å². The summed E-state index contributed by atoms with van der Waals surface area (Å²) in [6, 6.07) is 9.84. The van der Waals surface area contributed by atoms with Crippen molar-refractivity contribution in [3.63, 3.8) is 0 Å². The highest BCUT2D eigenvalue weighted by Crippen LogP contribution is 2.38. The van der Waals surface area contributed by atoms with Gasteiger partial charge in [-0.05, 0) is 63.4 Å². The summed E-state index contributed by atoms with van der Waals surface area (Å²) in [5, 5.41) is 33.6. The van der Waals surface area contributed by atoms with Crippen LogP contribution in [0.3, 0.4) is 0 Å². The molecule has 45 heavy (non-hydrogen) atoms. The highest BCUT2D eigenvalue weighted by Gasteiger charge is 2.42. The molecule has 1 aromatic rings. The van der Waals surface area contributed by atoms with Crippen molar-refractivity contribution in [3.8, 4) is 0 Å². The third-order valence-electron chi connectivity index (χ3n) is 7.56. The fourth-order valence-electron chi connectivity index (χ4n) is 5.19. The van der Waals surface area contributed by atoms with Gasteiger partial charge in [-0.15, -0.1) is 10.1 Å². The zero-order valence-electron chi connectivity index (χ0n) is 26.1. The van der Waals surface area contributed by atoms with Gasteiger partial charge in [-0.2, -0.15) is 0 Å². The Morgan fingerprint density at radius 2 is 1.80 bits per heavy atom. The first kappa shape index (κ1) is 37.4. The lowest BCUT2D eigenvalue weighted by atomic mass is 9.89. The molecule has 0 aliphatic heterocycles. The van der Waals surface area contributed by atoms with E-state index in [9.17, 15) is 34.7 Å². The monoisotopic (exact) mass is 632 g/mol. The first-order valence-corrected chi connectivity index (χ1v) is 15.8. The fourth-order valence-corrected chi connectivity index (χ4v) is 5.19. The van der Waals surface area contributed by atoms with Gasteiger partial charge in [0.05, 0.1) is 38.3 Å². The SMILES string of the molecule is CCNC(=O)CCC/C=C\C[C@@H]1[C@@H](/C=C/[C@@H](O)CCc2ccccc2)[C@H](OC(=O)CCC(=O)OCCCCO[N+](=O)[O-])C[C@@H]1O. The second-order valence-corrected chi connectivity index (χ2v) is 11.1. The van der Waals surface area contributed by atoms with Crippen LogP contribution in [0.5, 0.6) is 0 Å². The Balaban J connectivity index is 1.91. The van der Waals surface area contributed by atoms with Crippen LogP contribution in [0.15, 0.2) is 54.6 Å². The number of allylic oxidation sites excluding steroid dienone is 2. The molecule has 12 heteroatoms. The number of amides is 1. The number of carbonyl (C=O) groups excluding carboxylic acids is 3. The molecule has 1 aliphatic carbocycles. The van der Waals surface area contributed by atoms with E-state index in [-0.39, 0.29) is 50.2 Å². The molecule has 5 atom stereocenters. The van der Waals surface area contributed by atoms with E-state index in [1.807, 2.05) is 55.5 Å². The Morgan fingerprint density at radius 1 is 1.07 bits per heavy atom. The number of unbranched alkanes of at least 4 members (excludes halogenated alkanes) is 2. The van der Waals surface area contributed by atoms with Crippen LogP contribution in [0, 0.1) is 22.0 Å². The number of nitrogens with one attached hydrogen (secondary N) is 1. The summed E-state index contributed by atoms with van der Waals surface area (Å²) in [6.07, 6.45) is 9.63. The highest BCUT2D eigenvalue weighted by atomic mass is 16.9.